The first kappa shape index (κ1) is 18.1. The summed E-state index contributed by atoms with van der Waals surface area (Å²) in [6, 6.07) is 0.733. The van der Waals surface area contributed by atoms with Crippen LogP contribution in [0.3, 0.4) is 0 Å². The Balaban J connectivity index is 1.85. The lowest BCUT2D eigenvalue weighted by atomic mass is 10.2. The van der Waals surface area contributed by atoms with Crippen LogP contribution in [0, 0.1) is 11.6 Å². The van der Waals surface area contributed by atoms with Crippen LogP contribution in [0.15, 0.2) is 23.2 Å². The number of fused-ring (bicyclic) bond motifs is 1. The number of rotatable bonds is 4. The average Bonchev–Trinajstić information content (AvgIpc) is 2.95. The fourth-order valence-corrected chi connectivity index (χ4v) is 2.70. The zero-order valence-electron chi connectivity index (χ0n) is 12.4. The summed E-state index contributed by atoms with van der Waals surface area (Å²) in [7, 11) is 0. The Bertz CT molecular complexity index is 1030. The molecule has 5 N–H and O–H groups in total. The Labute approximate surface area is 154 Å². The van der Waals surface area contributed by atoms with Crippen LogP contribution < -0.4 is 15.4 Å². The van der Waals surface area contributed by atoms with Crippen molar-refractivity contribution in [2.75, 3.05) is 15.4 Å². The number of urea groups is 1. The molecule has 1 aromatic carbocycles. The van der Waals surface area contributed by atoms with E-state index in [1.165, 1.54) is 0 Å². The molecule has 0 aliphatic rings. The number of amides is 2. The molecule has 2 aromatic heterocycles. The Morgan fingerprint density at radius 1 is 1.27 bits per heavy atom. The maximum atomic E-state index is 14.2. The molecule has 0 bridgehead atoms. The van der Waals surface area contributed by atoms with Gasteiger partial charge in [0.1, 0.15) is 23.3 Å². The van der Waals surface area contributed by atoms with E-state index >= 15 is 0 Å². The number of aromatic nitrogens is 4. The lowest BCUT2D eigenvalue weighted by molar-refractivity contribution is 0.262. The number of hydrogen-bond donors (Lipinski definition) is 5. The first-order chi connectivity index (χ1) is 12.3. The lowest BCUT2D eigenvalue weighted by Crippen LogP contribution is -2.22. The molecule has 10 nitrogen and oxygen atoms in total. The fraction of sp³-hybridized carbons (Fsp3) is 0. The molecule has 0 radical (unpaired) electrons. The summed E-state index contributed by atoms with van der Waals surface area (Å²) >= 11 is 0.539. The third-order valence-electron chi connectivity index (χ3n) is 3.02. The maximum Gasteiger partial charge on any atom is 0.325 e. The van der Waals surface area contributed by atoms with Gasteiger partial charge < -0.3 is 10.3 Å². The van der Waals surface area contributed by atoms with Gasteiger partial charge in [-0.15, -0.1) is 0 Å². The van der Waals surface area contributed by atoms with Crippen molar-refractivity contribution in [3.63, 3.8) is 0 Å². The van der Waals surface area contributed by atoms with Crippen molar-refractivity contribution < 1.29 is 22.3 Å². The number of benzene rings is 1. The highest BCUT2D eigenvalue weighted by Crippen LogP contribution is 2.26. The number of carbonyl (C=O) groups is 1. The summed E-state index contributed by atoms with van der Waals surface area (Å²) in [5.41, 5.74) is -0.726. The Morgan fingerprint density at radius 2 is 2.04 bits per heavy atom. The van der Waals surface area contributed by atoms with Gasteiger partial charge in [-0.1, -0.05) is 0 Å². The van der Waals surface area contributed by atoms with Crippen LogP contribution in [0.1, 0.15) is 0 Å². The standard InChI is InChI=1S/C12H8BrF2N7O3S/c13-11-18-8-9(20-11)16-3-17-10(8)21-12(23)19-7-4(14)1-2-5(6(7)15)22-26(24)25/h1-3,22H,(H,24,25)(H3,16,17,18,19,20,21,23). The Kier molecular flexibility index (Phi) is 5.06. The molecule has 0 aliphatic carbocycles. The van der Waals surface area contributed by atoms with Gasteiger partial charge in [0.15, 0.2) is 22.0 Å². The van der Waals surface area contributed by atoms with Gasteiger partial charge in [-0.3, -0.25) is 14.6 Å². The number of H-pyrrole nitrogens is 1. The van der Waals surface area contributed by atoms with Crippen molar-refractivity contribution in [1.29, 1.82) is 0 Å². The number of imidazole rings is 1. The minimum Gasteiger partial charge on any atom is -0.328 e. The molecule has 0 aliphatic heterocycles. The first-order valence-corrected chi connectivity index (χ1v) is 8.55. The summed E-state index contributed by atoms with van der Waals surface area (Å²) in [6.07, 6.45) is 1.15. The van der Waals surface area contributed by atoms with E-state index in [-0.39, 0.29) is 11.5 Å². The zero-order valence-corrected chi connectivity index (χ0v) is 14.8. The van der Waals surface area contributed by atoms with Crippen LogP contribution >= 0.6 is 15.9 Å². The van der Waals surface area contributed by atoms with E-state index in [0.29, 0.717) is 10.3 Å². The van der Waals surface area contributed by atoms with Crippen LogP contribution in [-0.4, -0.2) is 34.7 Å². The van der Waals surface area contributed by atoms with Gasteiger partial charge in [0.05, 0.1) is 5.69 Å². The highest BCUT2D eigenvalue weighted by atomic mass is 79.9. The third kappa shape index (κ3) is 3.76. The van der Waals surface area contributed by atoms with Crippen molar-refractivity contribution >= 4 is 61.6 Å². The summed E-state index contributed by atoms with van der Waals surface area (Å²) in [5, 5.41) is 4.29. The largest absolute Gasteiger partial charge is 0.328 e. The zero-order chi connectivity index (χ0) is 18.8. The van der Waals surface area contributed by atoms with Gasteiger partial charge >= 0.3 is 6.03 Å². The second-order valence-electron chi connectivity index (χ2n) is 4.66. The topological polar surface area (TPSA) is 145 Å². The summed E-state index contributed by atoms with van der Waals surface area (Å²) in [4.78, 5) is 26.6. The monoisotopic (exact) mass is 447 g/mol. The molecular formula is C12H8BrF2N7O3S. The summed E-state index contributed by atoms with van der Waals surface area (Å²) in [6.45, 7) is 0. The number of nitrogens with zero attached hydrogens (tertiary/aromatic N) is 3. The van der Waals surface area contributed by atoms with Crippen LogP contribution in [0.4, 0.5) is 30.8 Å². The molecule has 3 rings (SSSR count). The summed E-state index contributed by atoms with van der Waals surface area (Å²) < 4.78 is 49.7. The van der Waals surface area contributed by atoms with E-state index in [1.54, 1.807) is 0 Å². The second-order valence-corrected chi connectivity index (χ2v) is 6.12. The molecule has 14 heteroatoms. The van der Waals surface area contributed by atoms with Crippen LogP contribution in [0.5, 0.6) is 0 Å². The van der Waals surface area contributed by atoms with Gasteiger partial charge in [-0.05, 0) is 28.1 Å². The molecule has 0 saturated carbocycles. The van der Waals surface area contributed by atoms with Crippen molar-refractivity contribution in [3.05, 3.63) is 34.8 Å². The van der Waals surface area contributed by atoms with Gasteiger partial charge in [-0.2, -0.15) is 0 Å². The first-order valence-electron chi connectivity index (χ1n) is 6.65. The predicted octanol–water partition coefficient (Wildman–Crippen LogP) is 2.59. The summed E-state index contributed by atoms with van der Waals surface area (Å²) in [5.74, 6) is -2.30. The number of carbonyl (C=O) groups excluding carboxylic acids is 1. The van der Waals surface area contributed by atoms with Crippen LogP contribution in [0.25, 0.3) is 11.2 Å². The molecule has 3 aromatic rings. The van der Waals surface area contributed by atoms with Gasteiger partial charge in [-0.25, -0.2) is 32.7 Å². The molecule has 136 valence electrons. The molecule has 2 heterocycles. The predicted molar refractivity (Wildman–Crippen MR) is 92.8 cm³/mol. The SMILES string of the molecule is O=C(Nc1c(F)ccc(NS(=O)O)c1F)Nc1ncnc2nc(Br)[nH]c12. The molecule has 0 spiro atoms. The van der Waals surface area contributed by atoms with Crippen molar-refractivity contribution in [1.82, 2.24) is 19.9 Å². The van der Waals surface area contributed by atoms with Crippen molar-refractivity contribution in [2.24, 2.45) is 0 Å². The van der Waals surface area contributed by atoms with Crippen molar-refractivity contribution in [3.8, 4) is 0 Å². The minimum absolute atomic E-state index is 0.0252. The number of aromatic amines is 1. The maximum absolute atomic E-state index is 14.2. The number of nitrogens with one attached hydrogen (secondary N) is 4. The van der Waals surface area contributed by atoms with Crippen LogP contribution in [0.2, 0.25) is 0 Å². The minimum atomic E-state index is -2.57. The van der Waals surface area contributed by atoms with Crippen molar-refractivity contribution in [2.45, 2.75) is 0 Å². The molecule has 0 fully saturated rings. The van der Waals surface area contributed by atoms with Crippen LogP contribution in [-0.2, 0) is 11.3 Å². The Hall–Kier alpha value is -2.71. The quantitative estimate of drug-likeness (QED) is 0.307. The normalized spacial score (nSPS) is 12.0. The van der Waals surface area contributed by atoms with E-state index in [9.17, 15) is 17.8 Å². The van der Waals surface area contributed by atoms with Gasteiger partial charge in [0, 0.05) is 0 Å². The van der Waals surface area contributed by atoms with E-state index in [0.717, 1.165) is 18.5 Å². The van der Waals surface area contributed by atoms with E-state index < -0.39 is 40.3 Å². The van der Waals surface area contributed by atoms with E-state index in [1.807, 2.05) is 10.0 Å². The third-order valence-corrected chi connectivity index (χ3v) is 3.79. The molecular weight excluding hydrogens is 440 g/mol. The Morgan fingerprint density at radius 3 is 2.77 bits per heavy atom. The molecule has 0 saturated heterocycles. The van der Waals surface area contributed by atoms with E-state index in [2.05, 4.69) is 41.2 Å². The molecule has 1 atom stereocenters. The fourth-order valence-electron chi connectivity index (χ4n) is 1.99. The van der Waals surface area contributed by atoms with Gasteiger partial charge in [0.25, 0.3) is 11.3 Å². The van der Waals surface area contributed by atoms with Gasteiger partial charge in [0.2, 0.25) is 0 Å². The highest BCUT2D eigenvalue weighted by molar-refractivity contribution is 9.10. The number of hydrogen-bond acceptors (Lipinski definition) is 5. The number of halogens is 3. The molecule has 26 heavy (non-hydrogen) atoms. The average molecular weight is 448 g/mol. The molecule has 2 amide bonds. The number of anilines is 3. The molecule has 1 unspecified atom stereocenters. The van der Waals surface area contributed by atoms with E-state index in [4.69, 9.17) is 4.55 Å². The highest BCUT2D eigenvalue weighted by Gasteiger charge is 2.18. The second kappa shape index (κ2) is 7.27. The lowest BCUT2D eigenvalue weighted by Gasteiger charge is -2.11. The smallest absolute Gasteiger partial charge is 0.325 e.